The van der Waals surface area contributed by atoms with Gasteiger partial charge in [-0.2, -0.15) is 0 Å². The Kier molecular flexibility index (Phi) is 4.63. The first-order valence-electron chi connectivity index (χ1n) is 5.01. The molecule has 0 aromatic heterocycles. The van der Waals surface area contributed by atoms with E-state index in [2.05, 4.69) is 5.32 Å². The maximum atomic E-state index is 11.2. The van der Waals surface area contributed by atoms with E-state index in [0.717, 1.165) is 12.0 Å². The van der Waals surface area contributed by atoms with Crippen LogP contribution in [0.1, 0.15) is 18.9 Å². The van der Waals surface area contributed by atoms with Crippen molar-refractivity contribution < 1.29 is 9.53 Å². The van der Waals surface area contributed by atoms with Crippen molar-refractivity contribution in [1.29, 1.82) is 0 Å². The number of amides is 1. The molecule has 0 bridgehead atoms. The van der Waals surface area contributed by atoms with Gasteiger partial charge in [0.25, 0.3) is 0 Å². The summed E-state index contributed by atoms with van der Waals surface area (Å²) in [6.07, 6.45) is 0.462. The van der Waals surface area contributed by atoms with Crippen LogP contribution in [-0.2, 0) is 6.54 Å². The van der Waals surface area contributed by atoms with E-state index in [9.17, 15) is 4.79 Å². The zero-order valence-corrected chi connectivity index (χ0v) is 8.82. The number of nitrogens with one attached hydrogen (secondary N) is 1. The lowest BCUT2D eigenvalue weighted by atomic mass is 10.2. The molecule has 4 nitrogen and oxygen atoms in total. The number of rotatable bonds is 4. The second-order valence-electron chi connectivity index (χ2n) is 3.17. The first-order valence-corrected chi connectivity index (χ1v) is 5.01. The summed E-state index contributed by atoms with van der Waals surface area (Å²) in [4.78, 5) is 11.2. The zero-order chi connectivity index (χ0) is 11.1. The van der Waals surface area contributed by atoms with Crippen LogP contribution in [0.15, 0.2) is 24.3 Å². The third kappa shape index (κ3) is 3.99. The van der Waals surface area contributed by atoms with Gasteiger partial charge >= 0.3 is 6.09 Å². The molecule has 0 unspecified atom stereocenters. The largest absolute Gasteiger partial charge is 0.412 e. The van der Waals surface area contributed by atoms with E-state index in [-0.39, 0.29) is 0 Å². The Labute approximate surface area is 89.4 Å². The highest BCUT2D eigenvalue weighted by Gasteiger charge is 2.02. The predicted molar refractivity (Wildman–Crippen MR) is 58.7 cm³/mol. The van der Waals surface area contributed by atoms with Gasteiger partial charge in [-0.05, 0) is 24.1 Å². The number of carbonyl (C=O) groups is 1. The molecular weight excluding hydrogens is 192 g/mol. The zero-order valence-electron chi connectivity index (χ0n) is 8.82. The summed E-state index contributed by atoms with van der Waals surface area (Å²) < 4.78 is 5.05. The van der Waals surface area contributed by atoms with E-state index in [0.29, 0.717) is 18.8 Å². The van der Waals surface area contributed by atoms with Gasteiger partial charge in [0.2, 0.25) is 0 Å². The Morgan fingerprint density at radius 2 is 2.33 bits per heavy atom. The fourth-order valence-corrected chi connectivity index (χ4v) is 1.11. The van der Waals surface area contributed by atoms with Crippen molar-refractivity contribution in [2.24, 2.45) is 5.73 Å². The van der Waals surface area contributed by atoms with Gasteiger partial charge in [-0.15, -0.1) is 0 Å². The fourth-order valence-electron chi connectivity index (χ4n) is 1.11. The van der Waals surface area contributed by atoms with Crippen LogP contribution in [0.3, 0.4) is 0 Å². The summed E-state index contributed by atoms with van der Waals surface area (Å²) in [7, 11) is 0. The van der Waals surface area contributed by atoms with Crippen LogP contribution in [0.4, 0.5) is 4.79 Å². The lowest BCUT2D eigenvalue weighted by Gasteiger charge is -2.06. The Morgan fingerprint density at radius 1 is 1.53 bits per heavy atom. The quantitative estimate of drug-likeness (QED) is 0.790. The molecule has 0 radical (unpaired) electrons. The third-order valence-electron chi connectivity index (χ3n) is 1.86. The molecule has 1 aromatic rings. The lowest BCUT2D eigenvalue weighted by Crippen LogP contribution is -2.27. The minimum absolute atomic E-state index is 0.425. The van der Waals surface area contributed by atoms with Crippen molar-refractivity contribution in [3.63, 3.8) is 0 Å². The van der Waals surface area contributed by atoms with Gasteiger partial charge in [0.15, 0.2) is 0 Å². The molecule has 4 heteroatoms. The third-order valence-corrected chi connectivity index (χ3v) is 1.86. The number of hydrogen-bond acceptors (Lipinski definition) is 3. The van der Waals surface area contributed by atoms with Gasteiger partial charge in [0, 0.05) is 13.1 Å². The van der Waals surface area contributed by atoms with Crippen LogP contribution < -0.4 is 15.8 Å². The number of ether oxygens (including phenoxy) is 1. The van der Waals surface area contributed by atoms with Crippen molar-refractivity contribution in [2.75, 3.05) is 6.54 Å². The van der Waals surface area contributed by atoms with Crippen LogP contribution in [0.25, 0.3) is 0 Å². The SMILES string of the molecule is CCCNC(=O)Oc1cccc(CN)c1. The Hall–Kier alpha value is -1.55. The molecule has 82 valence electrons. The summed E-state index contributed by atoms with van der Waals surface area (Å²) >= 11 is 0. The van der Waals surface area contributed by atoms with Gasteiger partial charge in [0.05, 0.1) is 0 Å². The molecule has 1 aromatic carbocycles. The van der Waals surface area contributed by atoms with E-state index < -0.39 is 6.09 Å². The molecule has 0 saturated heterocycles. The maximum Gasteiger partial charge on any atom is 0.412 e. The second kappa shape index (κ2) is 6.03. The molecule has 1 amide bonds. The van der Waals surface area contributed by atoms with Crippen LogP contribution in [-0.4, -0.2) is 12.6 Å². The summed E-state index contributed by atoms with van der Waals surface area (Å²) in [6.45, 7) is 3.04. The van der Waals surface area contributed by atoms with Crippen LogP contribution in [0, 0.1) is 0 Å². The summed E-state index contributed by atoms with van der Waals surface area (Å²) in [6, 6.07) is 7.18. The van der Waals surface area contributed by atoms with Gasteiger partial charge < -0.3 is 15.8 Å². The fraction of sp³-hybridized carbons (Fsp3) is 0.364. The molecule has 0 atom stereocenters. The van der Waals surface area contributed by atoms with Crippen molar-refractivity contribution in [1.82, 2.24) is 5.32 Å². The molecule has 3 N–H and O–H groups in total. The van der Waals surface area contributed by atoms with Crippen LogP contribution >= 0.6 is 0 Å². The summed E-state index contributed by atoms with van der Waals surface area (Å²) in [5, 5.41) is 2.63. The second-order valence-corrected chi connectivity index (χ2v) is 3.17. The minimum Gasteiger partial charge on any atom is -0.410 e. The van der Waals surface area contributed by atoms with Gasteiger partial charge in [0.1, 0.15) is 5.75 Å². The Bertz CT molecular complexity index is 326. The van der Waals surface area contributed by atoms with Crippen molar-refractivity contribution >= 4 is 6.09 Å². The standard InChI is InChI=1S/C11H16N2O2/c1-2-6-13-11(14)15-10-5-3-4-9(7-10)8-12/h3-5,7H,2,6,8,12H2,1H3,(H,13,14). The summed E-state index contributed by atoms with van der Waals surface area (Å²) in [5.74, 6) is 0.520. The Balaban J connectivity index is 2.52. The normalized spacial score (nSPS) is 9.73. The lowest BCUT2D eigenvalue weighted by molar-refractivity contribution is 0.200. The van der Waals surface area contributed by atoms with Crippen molar-refractivity contribution in [2.45, 2.75) is 19.9 Å². The smallest absolute Gasteiger partial charge is 0.410 e. The predicted octanol–water partition coefficient (Wildman–Crippen LogP) is 1.64. The first-order chi connectivity index (χ1) is 7.26. The van der Waals surface area contributed by atoms with Crippen LogP contribution in [0.5, 0.6) is 5.75 Å². The van der Waals surface area contributed by atoms with E-state index in [1.165, 1.54) is 0 Å². The molecule has 0 aliphatic heterocycles. The molecule has 0 spiro atoms. The topological polar surface area (TPSA) is 64.3 Å². The molecule has 15 heavy (non-hydrogen) atoms. The van der Waals surface area contributed by atoms with Gasteiger partial charge in [-0.25, -0.2) is 4.79 Å². The Morgan fingerprint density at radius 3 is 3.00 bits per heavy atom. The van der Waals surface area contributed by atoms with E-state index in [1.807, 2.05) is 19.1 Å². The molecule has 0 heterocycles. The summed E-state index contributed by atoms with van der Waals surface area (Å²) in [5.41, 5.74) is 6.41. The highest BCUT2D eigenvalue weighted by atomic mass is 16.5. The van der Waals surface area contributed by atoms with Gasteiger partial charge in [-0.3, -0.25) is 0 Å². The molecule has 0 aliphatic carbocycles. The average molecular weight is 208 g/mol. The first kappa shape index (κ1) is 11.5. The molecule has 0 saturated carbocycles. The average Bonchev–Trinajstić information content (AvgIpc) is 2.26. The molecular formula is C11H16N2O2. The minimum atomic E-state index is -0.425. The molecule has 0 aliphatic rings. The number of benzene rings is 1. The van der Waals surface area contributed by atoms with E-state index in [1.54, 1.807) is 12.1 Å². The van der Waals surface area contributed by atoms with Crippen molar-refractivity contribution in [3.8, 4) is 5.75 Å². The number of carbonyl (C=O) groups excluding carboxylic acids is 1. The number of hydrogen-bond donors (Lipinski definition) is 2. The molecule has 1 rings (SSSR count). The van der Waals surface area contributed by atoms with Gasteiger partial charge in [-0.1, -0.05) is 19.1 Å². The van der Waals surface area contributed by atoms with Crippen molar-refractivity contribution in [3.05, 3.63) is 29.8 Å². The maximum absolute atomic E-state index is 11.2. The number of nitrogens with two attached hydrogens (primary N) is 1. The van der Waals surface area contributed by atoms with E-state index in [4.69, 9.17) is 10.5 Å². The monoisotopic (exact) mass is 208 g/mol. The van der Waals surface area contributed by atoms with E-state index >= 15 is 0 Å². The highest BCUT2D eigenvalue weighted by Crippen LogP contribution is 2.12. The van der Waals surface area contributed by atoms with Crippen LogP contribution in [0.2, 0.25) is 0 Å². The molecule has 0 fully saturated rings. The highest BCUT2D eigenvalue weighted by molar-refractivity contribution is 5.70.